The van der Waals surface area contributed by atoms with Gasteiger partial charge in [0.2, 0.25) is 11.7 Å². The van der Waals surface area contributed by atoms with Crippen molar-refractivity contribution in [2.75, 3.05) is 7.05 Å². The number of nitrogens with zero attached hydrogens (tertiary/aromatic N) is 3. The molecule has 8 heteroatoms. The second-order valence-corrected chi connectivity index (χ2v) is 6.13. The third-order valence-corrected chi connectivity index (χ3v) is 3.79. The normalized spacial score (nSPS) is 11.3. The minimum atomic E-state index is -2.92. The molecule has 0 saturated heterocycles. The van der Waals surface area contributed by atoms with Gasteiger partial charge in [-0.1, -0.05) is 41.0 Å². The molecule has 1 heterocycles. The van der Waals surface area contributed by atoms with Crippen LogP contribution in [0.25, 0.3) is 11.4 Å². The molecule has 3 rings (SSSR count). The Morgan fingerprint density at radius 1 is 1.15 bits per heavy atom. The van der Waals surface area contributed by atoms with Crippen molar-refractivity contribution in [3.05, 3.63) is 65.0 Å². The molecule has 0 spiro atoms. The molecular formula is C18H16ClF2N3O2. The highest BCUT2D eigenvalue weighted by molar-refractivity contribution is 6.30. The summed E-state index contributed by atoms with van der Waals surface area (Å²) in [5, 5.41) is 4.54. The first-order valence-corrected chi connectivity index (χ1v) is 8.19. The number of alkyl halides is 2. The number of rotatable bonds is 7. The Hall–Kier alpha value is -2.51. The van der Waals surface area contributed by atoms with Crippen molar-refractivity contribution in [1.82, 2.24) is 15.0 Å². The third kappa shape index (κ3) is 4.77. The molecule has 5 nitrogen and oxygen atoms in total. The molecule has 0 amide bonds. The third-order valence-electron chi connectivity index (χ3n) is 3.56. The van der Waals surface area contributed by atoms with Crippen LogP contribution in [-0.2, 0) is 13.1 Å². The van der Waals surface area contributed by atoms with Crippen LogP contribution < -0.4 is 4.74 Å². The summed E-state index contributed by atoms with van der Waals surface area (Å²) in [7, 11) is 1.90. The van der Waals surface area contributed by atoms with Crippen LogP contribution in [0.2, 0.25) is 5.02 Å². The Morgan fingerprint density at radius 2 is 1.96 bits per heavy atom. The number of hydrogen-bond acceptors (Lipinski definition) is 5. The van der Waals surface area contributed by atoms with Crippen LogP contribution in [0.1, 0.15) is 11.5 Å². The number of para-hydroxylation sites is 1. The zero-order valence-electron chi connectivity index (χ0n) is 13.9. The summed E-state index contributed by atoms with van der Waals surface area (Å²) in [6.45, 7) is -1.88. The Labute approximate surface area is 154 Å². The largest absolute Gasteiger partial charge is 0.434 e. The van der Waals surface area contributed by atoms with Gasteiger partial charge < -0.3 is 9.26 Å². The lowest BCUT2D eigenvalue weighted by Crippen LogP contribution is -2.17. The van der Waals surface area contributed by atoms with Gasteiger partial charge in [0, 0.05) is 11.6 Å². The number of aromatic nitrogens is 2. The molecule has 26 heavy (non-hydrogen) atoms. The Morgan fingerprint density at radius 3 is 2.73 bits per heavy atom. The standard InChI is InChI=1S/C18H16ClF2N3O2/c1-24(10-12-5-4-6-13(19)9-12)11-16-22-17(23-26-16)14-7-2-3-8-15(14)25-18(20)21/h2-9,18H,10-11H2,1H3. The zero-order chi connectivity index (χ0) is 18.5. The quantitative estimate of drug-likeness (QED) is 0.599. The van der Waals surface area contributed by atoms with E-state index in [4.69, 9.17) is 16.1 Å². The number of halogens is 3. The first kappa shape index (κ1) is 18.3. The van der Waals surface area contributed by atoms with Crippen molar-refractivity contribution < 1.29 is 18.0 Å². The van der Waals surface area contributed by atoms with Crippen LogP contribution in [0, 0.1) is 0 Å². The van der Waals surface area contributed by atoms with E-state index in [1.165, 1.54) is 6.07 Å². The maximum Gasteiger partial charge on any atom is 0.387 e. The van der Waals surface area contributed by atoms with Crippen molar-refractivity contribution in [2.45, 2.75) is 19.7 Å². The van der Waals surface area contributed by atoms with E-state index in [2.05, 4.69) is 14.9 Å². The van der Waals surface area contributed by atoms with Gasteiger partial charge in [0.1, 0.15) is 5.75 Å². The Kier molecular flexibility index (Phi) is 5.80. The van der Waals surface area contributed by atoms with E-state index in [9.17, 15) is 8.78 Å². The molecule has 0 atom stereocenters. The number of ether oxygens (including phenoxy) is 1. The van der Waals surface area contributed by atoms with Gasteiger partial charge in [0.05, 0.1) is 12.1 Å². The van der Waals surface area contributed by atoms with Crippen molar-refractivity contribution in [3.63, 3.8) is 0 Å². The number of hydrogen-bond donors (Lipinski definition) is 0. The maximum atomic E-state index is 12.5. The molecule has 0 aliphatic heterocycles. The lowest BCUT2D eigenvalue weighted by atomic mass is 10.2. The molecule has 0 aliphatic rings. The fraction of sp³-hybridized carbons (Fsp3) is 0.222. The van der Waals surface area contributed by atoms with Gasteiger partial charge in [0.25, 0.3) is 0 Å². The van der Waals surface area contributed by atoms with Gasteiger partial charge >= 0.3 is 6.61 Å². The monoisotopic (exact) mass is 379 g/mol. The average Bonchev–Trinajstić information content (AvgIpc) is 3.03. The summed E-state index contributed by atoms with van der Waals surface area (Å²) in [6.07, 6.45) is 0. The summed E-state index contributed by atoms with van der Waals surface area (Å²) >= 11 is 5.99. The second kappa shape index (κ2) is 8.25. The second-order valence-electron chi connectivity index (χ2n) is 5.69. The van der Waals surface area contributed by atoms with Crippen LogP contribution in [0.15, 0.2) is 53.1 Å². The van der Waals surface area contributed by atoms with Crippen LogP contribution in [0.5, 0.6) is 5.75 Å². The van der Waals surface area contributed by atoms with Crippen molar-refractivity contribution in [2.24, 2.45) is 0 Å². The molecule has 0 unspecified atom stereocenters. The van der Waals surface area contributed by atoms with E-state index in [0.29, 0.717) is 29.6 Å². The summed E-state index contributed by atoms with van der Waals surface area (Å²) in [5.41, 5.74) is 1.40. The van der Waals surface area contributed by atoms with Crippen LogP contribution in [-0.4, -0.2) is 28.7 Å². The molecule has 0 N–H and O–H groups in total. The fourth-order valence-electron chi connectivity index (χ4n) is 2.51. The molecule has 0 aliphatic carbocycles. The summed E-state index contributed by atoms with van der Waals surface area (Å²) in [4.78, 5) is 6.25. The zero-order valence-corrected chi connectivity index (χ0v) is 14.7. The van der Waals surface area contributed by atoms with Gasteiger partial charge in [-0.25, -0.2) is 0 Å². The fourth-order valence-corrected chi connectivity index (χ4v) is 2.73. The Bertz CT molecular complexity index is 873. The van der Waals surface area contributed by atoms with Gasteiger partial charge in [-0.05, 0) is 36.9 Å². The SMILES string of the molecule is CN(Cc1cccc(Cl)c1)Cc1nc(-c2ccccc2OC(F)F)no1. The van der Waals surface area contributed by atoms with Gasteiger partial charge in [-0.3, -0.25) is 4.90 Å². The minimum Gasteiger partial charge on any atom is -0.434 e. The van der Waals surface area contributed by atoms with E-state index in [1.807, 2.05) is 36.2 Å². The van der Waals surface area contributed by atoms with Crippen LogP contribution in [0.4, 0.5) is 8.78 Å². The summed E-state index contributed by atoms with van der Waals surface area (Å²) < 4.78 is 34.8. The van der Waals surface area contributed by atoms with E-state index in [0.717, 1.165) is 5.56 Å². The number of benzene rings is 2. The van der Waals surface area contributed by atoms with Crippen molar-refractivity contribution in [3.8, 4) is 17.1 Å². The van der Waals surface area contributed by atoms with E-state index in [-0.39, 0.29) is 11.6 Å². The predicted molar refractivity (Wildman–Crippen MR) is 93.0 cm³/mol. The van der Waals surface area contributed by atoms with E-state index in [1.54, 1.807) is 18.2 Å². The lowest BCUT2D eigenvalue weighted by Gasteiger charge is -2.14. The highest BCUT2D eigenvalue weighted by Crippen LogP contribution is 2.29. The maximum absolute atomic E-state index is 12.5. The van der Waals surface area contributed by atoms with Crippen molar-refractivity contribution in [1.29, 1.82) is 0 Å². The van der Waals surface area contributed by atoms with Crippen molar-refractivity contribution >= 4 is 11.6 Å². The minimum absolute atomic E-state index is 0.00197. The molecule has 1 aromatic heterocycles. The smallest absolute Gasteiger partial charge is 0.387 e. The predicted octanol–water partition coefficient (Wildman–Crippen LogP) is 4.62. The highest BCUT2D eigenvalue weighted by Gasteiger charge is 2.16. The Balaban J connectivity index is 1.70. The molecule has 0 radical (unpaired) electrons. The molecule has 0 bridgehead atoms. The highest BCUT2D eigenvalue weighted by atomic mass is 35.5. The van der Waals surface area contributed by atoms with Crippen LogP contribution >= 0.6 is 11.6 Å². The average molecular weight is 380 g/mol. The molecule has 2 aromatic carbocycles. The molecule has 136 valence electrons. The first-order valence-electron chi connectivity index (χ1n) is 7.81. The van der Waals surface area contributed by atoms with Gasteiger partial charge in [0.15, 0.2) is 0 Å². The molecular weight excluding hydrogens is 364 g/mol. The van der Waals surface area contributed by atoms with Gasteiger partial charge in [-0.2, -0.15) is 13.8 Å². The molecule has 0 saturated carbocycles. The topological polar surface area (TPSA) is 51.4 Å². The van der Waals surface area contributed by atoms with E-state index >= 15 is 0 Å². The van der Waals surface area contributed by atoms with Crippen LogP contribution in [0.3, 0.4) is 0 Å². The summed E-state index contributed by atoms with van der Waals surface area (Å²) in [6, 6.07) is 13.9. The van der Waals surface area contributed by atoms with Gasteiger partial charge in [-0.15, -0.1) is 0 Å². The summed E-state index contributed by atoms with van der Waals surface area (Å²) in [5.74, 6) is 0.575. The first-order chi connectivity index (χ1) is 12.5. The molecule has 0 fully saturated rings. The lowest BCUT2D eigenvalue weighted by molar-refractivity contribution is -0.0494. The molecule has 3 aromatic rings. The van der Waals surface area contributed by atoms with E-state index < -0.39 is 6.61 Å².